The van der Waals surface area contributed by atoms with Crippen LogP contribution < -0.4 is 5.32 Å². The molecule has 20 heavy (non-hydrogen) atoms. The molecule has 0 fully saturated rings. The fourth-order valence-electron chi connectivity index (χ4n) is 2.33. The van der Waals surface area contributed by atoms with Gasteiger partial charge in [-0.05, 0) is 54.4 Å². The molecular weight excluding hydrogens is 330 g/mol. The Morgan fingerprint density at radius 3 is 2.65 bits per heavy atom. The van der Waals surface area contributed by atoms with Gasteiger partial charge in [-0.3, -0.25) is 0 Å². The van der Waals surface area contributed by atoms with Gasteiger partial charge in [-0.25, -0.2) is 0 Å². The monoisotopic (exact) mass is 351 g/mol. The van der Waals surface area contributed by atoms with Gasteiger partial charge in [0.2, 0.25) is 0 Å². The molecular formula is C17H22BrNS. The largest absolute Gasteiger partial charge is 0.314 e. The van der Waals surface area contributed by atoms with Crippen molar-refractivity contribution < 1.29 is 0 Å². The van der Waals surface area contributed by atoms with Crippen molar-refractivity contribution in [2.75, 3.05) is 6.54 Å². The van der Waals surface area contributed by atoms with Gasteiger partial charge >= 0.3 is 0 Å². The Bertz CT molecular complexity index is 507. The molecule has 108 valence electrons. The summed E-state index contributed by atoms with van der Waals surface area (Å²) < 4.78 is 1.17. The van der Waals surface area contributed by atoms with Crippen molar-refractivity contribution in [3.63, 3.8) is 0 Å². The third-order valence-electron chi connectivity index (χ3n) is 3.30. The maximum absolute atomic E-state index is 3.59. The molecule has 1 N–H and O–H groups in total. The molecule has 1 heterocycles. The van der Waals surface area contributed by atoms with Gasteiger partial charge in [0.05, 0.1) is 0 Å². The van der Waals surface area contributed by atoms with E-state index in [1.165, 1.54) is 14.9 Å². The third kappa shape index (κ3) is 5.39. The second kappa shape index (κ2) is 7.96. The summed E-state index contributed by atoms with van der Waals surface area (Å²) in [6.07, 6.45) is 2.28. The summed E-state index contributed by atoms with van der Waals surface area (Å²) in [5.41, 5.74) is 1.41. The maximum Gasteiger partial charge on any atom is 0.0177 e. The maximum atomic E-state index is 3.59. The fourth-order valence-corrected chi connectivity index (χ4v) is 3.60. The van der Waals surface area contributed by atoms with Crippen molar-refractivity contribution in [2.45, 2.75) is 32.7 Å². The first-order valence-corrected chi connectivity index (χ1v) is 8.81. The van der Waals surface area contributed by atoms with Gasteiger partial charge < -0.3 is 5.32 Å². The third-order valence-corrected chi connectivity index (χ3v) is 4.69. The molecule has 0 saturated carbocycles. The predicted octanol–water partition coefficient (Wildman–Crippen LogP) is 4.91. The van der Waals surface area contributed by atoms with Gasteiger partial charge in [0, 0.05) is 15.4 Å². The number of thiophene rings is 1. The molecule has 3 heteroatoms. The Labute approximate surface area is 134 Å². The van der Waals surface area contributed by atoms with Gasteiger partial charge in [-0.2, -0.15) is 0 Å². The Morgan fingerprint density at radius 2 is 2.00 bits per heavy atom. The Hall–Kier alpha value is -0.640. The molecule has 2 rings (SSSR count). The van der Waals surface area contributed by atoms with E-state index in [0.29, 0.717) is 12.0 Å². The number of benzene rings is 1. The van der Waals surface area contributed by atoms with Crippen molar-refractivity contribution in [3.8, 4) is 0 Å². The van der Waals surface area contributed by atoms with Gasteiger partial charge in [0.15, 0.2) is 0 Å². The molecule has 0 saturated heterocycles. The van der Waals surface area contributed by atoms with Crippen molar-refractivity contribution in [3.05, 3.63) is 56.7 Å². The summed E-state index contributed by atoms with van der Waals surface area (Å²) in [7, 11) is 0. The quantitative estimate of drug-likeness (QED) is 0.747. The van der Waals surface area contributed by atoms with E-state index in [0.717, 1.165) is 19.4 Å². The standard InChI is InChI=1S/C17H22BrNS/c1-13(2)19-12-15(11-17-7-4-8-20-17)9-14-5-3-6-16(18)10-14/h3-8,10,13,15,19H,9,11-12H2,1-2H3. The van der Waals surface area contributed by atoms with Crippen molar-refractivity contribution >= 4 is 27.3 Å². The number of halogens is 1. The van der Waals surface area contributed by atoms with Crippen LogP contribution in [0.5, 0.6) is 0 Å². The SMILES string of the molecule is CC(C)NCC(Cc1cccc(Br)c1)Cc1cccs1. The van der Waals surface area contributed by atoms with Crippen LogP contribution in [0.25, 0.3) is 0 Å². The van der Waals surface area contributed by atoms with Gasteiger partial charge in [0.25, 0.3) is 0 Å². The molecule has 0 bridgehead atoms. The summed E-state index contributed by atoms with van der Waals surface area (Å²) in [5.74, 6) is 0.644. The van der Waals surface area contributed by atoms with Crippen LogP contribution in [0.1, 0.15) is 24.3 Å². The van der Waals surface area contributed by atoms with Crippen molar-refractivity contribution in [2.24, 2.45) is 5.92 Å². The molecule has 0 amide bonds. The molecule has 1 atom stereocenters. The van der Waals surface area contributed by atoms with Gasteiger partial charge in [0.1, 0.15) is 0 Å². The van der Waals surface area contributed by atoms with E-state index in [4.69, 9.17) is 0 Å². The molecule has 0 aliphatic rings. The normalized spacial score (nSPS) is 12.8. The lowest BCUT2D eigenvalue weighted by Crippen LogP contribution is -2.30. The minimum Gasteiger partial charge on any atom is -0.314 e. The van der Waals surface area contributed by atoms with Gasteiger partial charge in [-0.1, -0.05) is 48.0 Å². The van der Waals surface area contributed by atoms with Crippen LogP contribution in [0.4, 0.5) is 0 Å². The zero-order valence-electron chi connectivity index (χ0n) is 12.1. The minimum atomic E-state index is 0.545. The molecule has 1 unspecified atom stereocenters. The summed E-state index contributed by atoms with van der Waals surface area (Å²) in [5, 5.41) is 5.75. The van der Waals surface area contributed by atoms with E-state index in [1.807, 2.05) is 11.3 Å². The Kier molecular flexibility index (Phi) is 6.27. The van der Waals surface area contributed by atoms with E-state index >= 15 is 0 Å². The highest BCUT2D eigenvalue weighted by atomic mass is 79.9. The first kappa shape index (κ1) is 15.7. The number of hydrogen-bond acceptors (Lipinski definition) is 2. The van der Waals surface area contributed by atoms with E-state index in [2.05, 4.69) is 76.9 Å². The average Bonchev–Trinajstić information content (AvgIpc) is 2.89. The van der Waals surface area contributed by atoms with Crippen LogP contribution in [-0.4, -0.2) is 12.6 Å². The van der Waals surface area contributed by atoms with E-state index in [9.17, 15) is 0 Å². The second-order valence-corrected chi connectivity index (χ2v) is 7.49. The summed E-state index contributed by atoms with van der Waals surface area (Å²) in [6.45, 7) is 5.49. The number of rotatable bonds is 7. The van der Waals surface area contributed by atoms with Crippen LogP contribution in [0.3, 0.4) is 0 Å². The summed E-state index contributed by atoms with van der Waals surface area (Å²) in [6, 6.07) is 13.6. The fraction of sp³-hybridized carbons (Fsp3) is 0.412. The highest BCUT2D eigenvalue weighted by molar-refractivity contribution is 9.10. The number of hydrogen-bond donors (Lipinski definition) is 1. The topological polar surface area (TPSA) is 12.0 Å². The first-order valence-electron chi connectivity index (χ1n) is 7.13. The molecule has 0 aliphatic heterocycles. The van der Waals surface area contributed by atoms with Crippen LogP contribution in [-0.2, 0) is 12.8 Å². The molecule has 0 aliphatic carbocycles. The van der Waals surface area contributed by atoms with E-state index in [-0.39, 0.29) is 0 Å². The van der Waals surface area contributed by atoms with Crippen molar-refractivity contribution in [1.82, 2.24) is 5.32 Å². The molecule has 0 spiro atoms. The van der Waals surface area contributed by atoms with Crippen LogP contribution in [0, 0.1) is 5.92 Å². The van der Waals surface area contributed by atoms with Gasteiger partial charge in [-0.15, -0.1) is 11.3 Å². The van der Waals surface area contributed by atoms with E-state index in [1.54, 1.807) is 0 Å². The Morgan fingerprint density at radius 1 is 1.15 bits per heavy atom. The lowest BCUT2D eigenvalue weighted by molar-refractivity contribution is 0.446. The zero-order chi connectivity index (χ0) is 14.4. The predicted molar refractivity (Wildman–Crippen MR) is 92.5 cm³/mol. The minimum absolute atomic E-state index is 0.545. The lowest BCUT2D eigenvalue weighted by atomic mass is 9.95. The molecule has 1 aromatic carbocycles. The van der Waals surface area contributed by atoms with Crippen molar-refractivity contribution in [1.29, 1.82) is 0 Å². The smallest absolute Gasteiger partial charge is 0.0177 e. The Balaban J connectivity index is 2.01. The molecule has 0 radical (unpaired) electrons. The lowest BCUT2D eigenvalue weighted by Gasteiger charge is -2.19. The van der Waals surface area contributed by atoms with Crippen LogP contribution >= 0.6 is 27.3 Å². The first-order chi connectivity index (χ1) is 9.63. The highest BCUT2D eigenvalue weighted by Crippen LogP contribution is 2.20. The highest BCUT2D eigenvalue weighted by Gasteiger charge is 2.12. The average molecular weight is 352 g/mol. The molecule has 1 nitrogen and oxygen atoms in total. The van der Waals surface area contributed by atoms with Crippen LogP contribution in [0.15, 0.2) is 46.3 Å². The second-order valence-electron chi connectivity index (χ2n) is 5.55. The van der Waals surface area contributed by atoms with Crippen LogP contribution in [0.2, 0.25) is 0 Å². The molecule has 1 aromatic heterocycles. The number of nitrogens with one attached hydrogen (secondary N) is 1. The zero-order valence-corrected chi connectivity index (χ0v) is 14.5. The molecule has 2 aromatic rings. The summed E-state index contributed by atoms with van der Waals surface area (Å²) in [4.78, 5) is 1.48. The van der Waals surface area contributed by atoms with E-state index < -0.39 is 0 Å². The summed E-state index contributed by atoms with van der Waals surface area (Å²) >= 11 is 5.42.